The first kappa shape index (κ1) is 16.4. The van der Waals surface area contributed by atoms with E-state index in [4.69, 9.17) is 4.74 Å². The number of benzene rings is 2. The van der Waals surface area contributed by atoms with E-state index in [1.165, 1.54) is 4.90 Å². The summed E-state index contributed by atoms with van der Waals surface area (Å²) in [6, 6.07) is 16.0. The predicted molar refractivity (Wildman–Crippen MR) is 102 cm³/mol. The molecule has 0 aliphatic carbocycles. The Morgan fingerprint density at radius 2 is 2.04 bits per heavy atom. The minimum absolute atomic E-state index is 0.334. The van der Waals surface area contributed by atoms with Crippen LogP contribution < -0.4 is 0 Å². The molecule has 25 heavy (non-hydrogen) atoms. The third-order valence-electron chi connectivity index (χ3n) is 4.04. The normalized spacial score (nSPS) is 12.4. The number of carbonyl (C=O) groups is 1. The third kappa shape index (κ3) is 2.79. The van der Waals surface area contributed by atoms with Crippen molar-refractivity contribution in [3.63, 3.8) is 0 Å². The number of halogens is 1. The molecular formula is C19H15BrN2O2S. The van der Waals surface area contributed by atoms with Crippen LogP contribution in [0.2, 0.25) is 0 Å². The second-order valence-electron chi connectivity index (χ2n) is 5.55. The van der Waals surface area contributed by atoms with E-state index >= 15 is 0 Å². The molecule has 0 bridgehead atoms. The first-order valence-corrected chi connectivity index (χ1v) is 9.74. The topological polar surface area (TPSA) is 44.1 Å². The van der Waals surface area contributed by atoms with E-state index in [2.05, 4.69) is 27.1 Å². The van der Waals surface area contributed by atoms with Gasteiger partial charge in [-0.1, -0.05) is 30.3 Å². The fourth-order valence-electron chi connectivity index (χ4n) is 2.97. The molecule has 2 heterocycles. The van der Waals surface area contributed by atoms with Crippen LogP contribution in [0, 0.1) is 0 Å². The van der Waals surface area contributed by atoms with Crippen LogP contribution in [-0.2, 0) is 10.5 Å². The van der Waals surface area contributed by atoms with Crippen LogP contribution in [0.25, 0.3) is 16.9 Å². The zero-order chi connectivity index (χ0) is 17.4. The van der Waals surface area contributed by atoms with Crippen LogP contribution in [0.15, 0.2) is 57.9 Å². The van der Waals surface area contributed by atoms with Crippen LogP contribution in [-0.4, -0.2) is 22.4 Å². The molecule has 0 amide bonds. The van der Waals surface area contributed by atoms with Crippen LogP contribution in [0.5, 0.6) is 0 Å². The lowest BCUT2D eigenvalue weighted by molar-refractivity contribution is 0.0518. The molecule has 0 atom stereocenters. The molecule has 4 nitrogen and oxygen atoms in total. The number of rotatable bonds is 3. The number of para-hydroxylation sites is 1. The Hall–Kier alpha value is -2.05. The summed E-state index contributed by atoms with van der Waals surface area (Å²) in [5.74, 6) is 0.318. The molecule has 4 rings (SSSR count). The van der Waals surface area contributed by atoms with Gasteiger partial charge in [0, 0.05) is 26.2 Å². The number of carbonyl (C=O) groups excluding carboxylic acids is 1. The molecule has 0 unspecified atom stereocenters. The summed E-state index contributed by atoms with van der Waals surface area (Å²) >= 11 is 5.34. The van der Waals surface area contributed by atoms with Gasteiger partial charge in [-0.15, -0.1) is 11.8 Å². The largest absolute Gasteiger partial charge is 0.461 e. The van der Waals surface area contributed by atoms with Crippen LogP contribution >= 0.6 is 27.7 Å². The van der Waals surface area contributed by atoms with E-state index < -0.39 is 0 Å². The lowest BCUT2D eigenvalue weighted by Crippen LogP contribution is -2.08. The van der Waals surface area contributed by atoms with E-state index in [1.54, 1.807) is 18.7 Å². The van der Waals surface area contributed by atoms with Crippen molar-refractivity contribution in [2.75, 3.05) is 6.61 Å². The molecule has 0 N–H and O–H groups in total. The van der Waals surface area contributed by atoms with Gasteiger partial charge < -0.3 is 4.74 Å². The number of hydrogen-bond acceptors (Lipinski definition) is 4. The van der Waals surface area contributed by atoms with E-state index in [0.29, 0.717) is 18.1 Å². The number of fused-ring (bicyclic) bond motifs is 3. The molecule has 0 fully saturated rings. The van der Waals surface area contributed by atoms with E-state index in [0.717, 1.165) is 27.0 Å². The van der Waals surface area contributed by atoms with Gasteiger partial charge >= 0.3 is 5.97 Å². The number of aromatic nitrogens is 2. The predicted octanol–water partition coefficient (Wildman–Crippen LogP) is 5.08. The molecule has 3 aromatic rings. The number of thioether (sulfide) groups is 1. The maximum absolute atomic E-state index is 12.4. The van der Waals surface area contributed by atoms with Crippen molar-refractivity contribution in [3.8, 4) is 16.9 Å². The molecule has 0 saturated carbocycles. The minimum atomic E-state index is -0.368. The smallest absolute Gasteiger partial charge is 0.359 e. The maximum atomic E-state index is 12.4. The average molecular weight is 415 g/mol. The van der Waals surface area contributed by atoms with Gasteiger partial charge in [0.15, 0.2) is 5.69 Å². The second kappa shape index (κ2) is 6.69. The number of nitrogens with zero attached hydrogens (tertiary/aromatic N) is 2. The number of hydrogen-bond donors (Lipinski definition) is 0. The highest BCUT2D eigenvalue weighted by Crippen LogP contribution is 2.46. The van der Waals surface area contributed by atoms with Gasteiger partial charge in [-0.2, -0.15) is 5.10 Å². The highest BCUT2D eigenvalue weighted by atomic mass is 79.9. The molecule has 0 saturated heterocycles. The molecule has 0 spiro atoms. The SMILES string of the molecule is CCOC(=O)c1nn(-c2ccccc2)c2c1CSc1c(Br)cccc1-2. The Balaban J connectivity index is 1.99. The fourth-order valence-corrected chi connectivity index (χ4v) is 4.77. The summed E-state index contributed by atoms with van der Waals surface area (Å²) in [5, 5.41) is 4.62. The third-order valence-corrected chi connectivity index (χ3v) is 6.12. The standard InChI is InChI=1S/C19H15BrN2O2S/c1-2-24-19(23)16-14-11-25-18-13(9-6-10-15(18)20)17(14)22(21-16)12-7-4-3-5-8-12/h3-10H,2,11H2,1H3. The highest BCUT2D eigenvalue weighted by molar-refractivity contribution is 9.10. The molecule has 0 radical (unpaired) electrons. The molecule has 1 aliphatic heterocycles. The van der Waals surface area contributed by atoms with Gasteiger partial charge in [-0.3, -0.25) is 0 Å². The Labute approximate surface area is 158 Å². The average Bonchev–Trinajstić information content (AvgIpc) is 3.03. The van der Waals surface area contributed by atoms with Crippen molar-refractivity contribution in [1.82, 2.24) is 9.78 Å². The van der Waals surface area contributed by atoms with Crippen LogP contribution in [0.3, 0.4) is 0 Å². The number of esters is 1. The fraction of sp³-hybridized carbons (Fsp3) is 0.158. The lowest BCUT2D eigenvalue weighted by atomic mass is 10.1. The molecule has 6 heteroatoms. The molecule has 126 valence electrons. The van der Waals surface area contributed by atoms with Crippen LogP contribution in [0.1, 0.15) is 23.0 Å². The van der Waals surface area contributed by atoms with Crippen molar-refractivity contribution in [3.05, 3.63) is 64.3 Å². The summed E-state index contributed by atoms with van der Waals surface area (Å²) in [6.07, 6.45) is 0. The lowest BCUT2D eigenvalue weighted by Gasteiger charge is -2.19. The summed E-state index contributed by atoms with van der Waals surface area (Å²) in [4.78, 5) is 13.6. The molecule has 2 aromatic carbocycles. The first-order chi connectivity index (χ1) is 12.2. The van der Waals surface area contributed by atoms with E-state index in [-0.39, 0.29) is 5.97 Å². The Morgan fingerprint density at radius 3 is 2.80 bits per heavy atom. The summed E-state index contributed by atoms with van der Waals surface area (Å²) in [5.41, 5.74) is 4.29. The number of ether oxygens (including phenoxy) is 1. The zero-order valence-corrected chi connectivity index (χ0v) is 15.9. The Kier molecular flexibility index (Phi) is 4.39. The van der Waals surface area contributed by atoms with E-state index in [1.807, 2.05) is 47.1 Å². The van der Waals surface area contributed by atoms with Crippen molar-refractivity contribution in [1.29, 1.82) is 0 Å². The Morgan fingerprint density at radius 1 is 1.24 bits per heavy atom. The molecule has 1 aliphatic rings. The zero-order valence-electron chi connectivity index (χ0n) is 13.5. The quantitative estimate of drug-likeness (QED) is 0.560. The summed E-state index contributed by atoms with van der Waals surface area (Å²) < 4.78 is 8.13. The van der Waals surface area contributed by atoms with Crippen molar-refractivity contribution < 1.29 is 9.53 Å². The summed E-state index contributed by atoms with van der Waals surface area (Å²) in [6.45, 7) is 2.14. The Bertz CT molecular complexity index is 954. The first-order valence-electron chi connectivity index (χ1n) is 7.96. The van der Waals surface area contributed by atoms with E-state index in [9.17, 15) is 4.79 Å². The van der Waals surface area contributed by atoms with Gasteiger partial charge in [-0.05, 0) is 41.1 Å². The van der Waals surface area contributed by atoms with Gasteiger partial charge in [0.25, 0.3) is 0 Å². The van der Waals surface area contributed by atoms with Gasteiger partial charge in [0.05, 0.1) is 18.0 Å². The summed E-state index contributed by atoms with van der Waals surface area (Å²) in [7, 11) is 0. The van der Waals surface area contributed by atoms with Gasteiger partial charge in [-0.25, -0.2) is 9.48 Å². The van der Waals surface area contributed by atoms with Crippen molar-refractivity contribution >= 4 is 33.7 Å². The van der Waals surface area contributed by atoms with Crippen molar-refractivity contribution in [2.45, 2.75) is 17.6 Å². The minimum Gasteiger partial charge on any atom is -0.461 e. The second-order valence-corrected chi connectivity index (χ2v) is 7.39. The van der Waals surface area contributed by atoms with Gasteiger partial charge in [0.2, 0.25) is 0 Å². The molecular weight excluding hydrogens is 400 g/mol. The van der Waals surface area contributed by atoms with Crippen LogP contribution in [0.4, 0.5) is 0 Å². The van der Waals surface area contributed by atoms with Gasteiger partial charge in [0.1, 0.15) is 0 Å². The van der Waals surface area contributed by atoms with Crippen molar-refractivity contribution in [2.24, 2.45) is 0 Å². The molecule has 1 aromatic heterocycles. The maximum Gasteiger partial charge on any atom is 0.359 e. The highest BCUT2D eigenvalue weighted by Gasteiger charge is 2.30. The monoisotopic (exact) mass is 414 g/mol.